The average molecular weight is 311 g/mol. The van der Waals surface area contributed by atoms with Crippen molar-refractivity contribution >= 4 is 16.7 Å². The van der Waals surface area contributed by atoms with Gasteiger partial charge in [0.05, 0.1) is 12.2 Å². The third kappa shape index (κ3) is 2.92. The first-order chi connectivity index (χ1) is 11.1. The molecule has 0 N–H and O–H groups in total. The largest absolute Gasteiger partial charge is 0.493 e. The van der Waals surface area contributed by atoms with Crippen molar-refractivity contribution in [1.82, 2.24) is 4.90 Å². The lowest BCUT2D eigenvalue weighted by Gasteiger charge is -2.39. The Kier molecular flexibility index (Phi) is 4.56. The zero-order valence-corrected chi connectivity index (χ0v) is 14.2. The SMILES string of the molecule is CCOc1ccc2ccccc2c1C(=O)N1[C@H](C)CCC[C@H]1C. The topological polar surface area (TPSA) is 29.5 Å². The quantitative estimate of drug-likeness (QED) is 0.826. The Bertz CT molecular complexity index is 700. The Balaban J connectivity index is 2.12. The van der Waals surface area contributed by atoms with Gasteiger partial charge in [0.2, 0.25) is 0 Å². The predicted octanol–water partition coefficient (Wildman–Crippen LogP) is 4.64. The lowest BCUT2D eigenvalue weighted by molar-refractivity contribution is 0.0509. The highest BCUT2D eigenvalue weighted by atomic mass is 16.5. The third-order valence-corrected chi connectivity index (χ3v) is 4.83. The van der Waals surface area contributed by atoms with E-state index in [1.54, 1.807) is 0 Å². The van der Waals surface area contributed by atoms with Crippen LogP contribution >= 0.6 is 0 Å². The van der Waals surface area contributed by atoms with E-state index in [-0.39, 0.29) is 18.0 Å². The van der Waals surface area contributed by atoms with E-state index in [2.05, 4.69) is 13.8 Å². The fourth-order valence-corrected chi connectivity index (χ4v) is 3.70. The molecule has 122 valence electrons. The number of fused-ring (bicyclic) bond motifs is 1. The number of hydrogen-bond acceptors (Lipinski definition) is 2. The maximum atomic E-state index is 13.4. The van der Waals surface area contributed by atoms with Gasteiger partial charge in [0.15, 0.2) is 0 Å². The minimum Gasteiger partial charge on any atom is -0.493 e. The summed E-state index contributed by atoms with van der Waals surface area (Å²) in [6.45, 7) is 6.82. The van der Waals surface area contributed by atoms with Gasteiger partial charge in [0.25, 0.3) is 5.91 Å². The molecule has 2 aromatic carbocycles. The number of hydrogen-bond donors (Lipinski definition) is 0. The molecule has 0 bridgehead atoms. The standard InChI is InChI=1S/C20H25NO2/c1-4-23-18-13-12-16-10-5-6-11-17(16)19(18)20(22)21-14(2)8-7-9-15(21)3/h5-6,10-15H,4,7-9H2,1-3H3/t14-,15-/m1/s1. The van der Waals surface area contributed by atoms with Crippen molar-refractivity contribution < 1.29 is 9.53 Å². The van der Waals surface area contributed by atoms with E-state index < -0.39 is 0 Å². The average Bonchev–Trinajstić information content (AvgIpc) is 2.54. The summed E-state index contributed by atoms with van der Waals surface area (Å²) in [7, 11) is 0. The molecule has 23 heavy (non-hydrogen) atoms. The molecule has 3 heteroatoms. The zero-order chi connectivity index (χ0) is 16.4. The monoisotopic (exact) mass is 311 g/mol. The van der Waals surface area contributed by atoms with Gasteiger partial charge in [-0.1, -0.05) is 30.3 Å². The number of carbonyl (C=O) groups excluding carboxylic acids is 1. The second-order valence-electron chi connectivity index (χ2n) is 6.43. The number of amides is 1. The Hall–Kier alpha value is -2.03. The summed E-state index contributed by atoms with van der Waals surface area (Å²) in [4.78, 5) is 15.4. The molecule has 1 aliphatic heterocycles. The maximum absolute atomic E-state index is 13.4. The van der Waals surface area contributed by atoms with E-state index in [9.17, 15) is 4.79 Å². The van der Waals surface area contributed by atoms with Gasteiger partial charge in [0, 0.05) is 12.1 Å². The van der Waals surface area contributed by atoms with E-state index in [0.29, 0.717) is 17.9 Å². The van der Waals surface area contributed by atoms with Crippen LogP contribution in [-0.4, -0.2) is 29.5 Å². The van der Waals surface area contributed by atoms with Crippen LogP contribution in [0.25, 0.3) is 10.8 Å². The van der Waals surface area contributed by atoms with Crippen molar-refractivity contribution in [1.29, 1.82) is 0 Å². The Morgan fingerprint density at radius 1 is 1.13 bits per heavy atom. The van der Waals surface area contributed by atoms with E-state index in [1.807, 2.05) is 48.2 Å². The normalized spacial score (nSPS) is 21.4. The molecule has 0 aromatic heterocycles. The second-order valence-corrected chi connectivity index (χ2v) is 6.43. The molecule has 0 saturated carbocycles. The van der Waals surface area contributed by atoms with E-state index in [4.69, 9.17) is 4.74 Å². The first-order valence-corrected chi connectivity index (χ1v) is 8.60. The van der Waals surface area contributed by atoms with Crippen LogP contribution in [-0.2, 0) is 0 Å². The second kappa shape index (κ2) is 6.61. The summed E-state index contributed by atoms with van der Waals surface area (Å²) >= 11 is 0. The molecule has 1 saturated heterocycles. The maximum Gasteiger partial charge on any atom is 0.258 e. The first kappa shape index (κ1) is 15.9. The van der Waals surface area contributed by atoms with Gasteiger partial charge < -0.3 is 9.64 Å². The fraction of sp³-hybridized carbons (Fsp3) is 0.450. The summed E-state index contributed by atoms with van der Waals surface area (Å²) in [5.74, 6) is 0.797. The number of benzene rings is 2. The molecule has 2 aromatic rings. The molecule has 0 spiro atoms. The third-order valence-electron chi connectivity index (χ3n) is 4.83. The van der Waals surface area contributed by atoms with Crippen molar-refractivity contribution in [2.75, 3.05) is 6.61 Å². The lowest BCUT2D eigenvalue weighted by atomic mass is 9.94. The van der Waals surface area contributed by atoms with Gasteiger partial charge in [-0.2, -0.15) is 0 Å². The Morgan fingerprint density at radius 3 is 2.52 bits per heavy atom. The van der Waals surface area contributed by atoms with Crippen LogP contribution in [0.4, 0.5) is 0 Å². The number of rotatable bonds is 3. The molecule has 1 heterocycles. The molecule has 2 atom stereocenters. The number of nitrogens with zero attached hydrogens (tertiary/aromatic N) is 1. The van der Waals surface area contributed by atoms with E-state index >= 15 is 0 Å². The summed E-state index contributed by atoms with van der Waals surface area (Å²) in [6.07, 6.45) is 3.34. The van der Waals surface area contributed by atoms with Crippen LogP contribution in [0, 0.1) is 0 Å². The highest BCUT2D eigenvalue weighted by Gasteiger charge is 2.32. The van der Waals surface area contributed by atoms with Gasteiger partial charge in [0.1, 0.15) is 5.75 Å². The van der Waals surface area contributed by atoms with Gasteiger partial charge in [-0.15, -0.1) is 0 Å². The fourth-order valence-electron chi connectivity index (χ4n) is 3.70. The van der Waals surface area contributed by atoms with Crippen molar-refractivity contribution in [2.24, 2.45) is 0 Å². The molecule has 3 nitrogen and oxygen atoms in total. The van der Waals surface area contributed by atoms with Crippen LogP contribution in [0.3, 0.4) is 0 Å². The smallest absolute Gasteiger partial charge is 0.258 e. The molecule has 1 amide bonds. The summed E-state index contributed by atoms with van der Waals surface area (Å²) in [5, 5.41) is 2.06. The zero-order valence-electron chi connectivity index (χ0n) is 14.2. The van der Waals surface area contributed by atoms with Crippen LogP contribution in [0.5, 0.6) is 5.75 Å². The minimum atomic E-state index is 0.102. The molecule has 3 rings (SSSR count). The highest BCUT2D eigenvalue weighted by Crippen LogP contribution is 2.33. The Labute approximate surface area is 138 Å². The number of likely N-dealkylation sites (tertiary alicyclic amines) is 1. The lowest BCUT2D eigenvalue weighted by Crippen LogP contribution is -2.47. The molecule has 0 radical (unpaired) electrons. The summed E-state index contributed by atoms with van der Waals surface area (Å²) < 4.78 is 5.78. The van der Waals surface area contributed by atoms with Crippen molar-refractivity contribution in [3.63, 3.8) is 0 Å². The van der Waals surface area contributed by atoms with Crippen molar-refractivity contribution in [2.45, 2.75) is 52.1 Å². The molecular formula is C20H25NO2. The van der Waals surface area contributed by atoms with Crippen LogP contribution in [0.1, 0.15) is 50.4 Å². The molecule has 0 unspecified atom stereocenters. The van der Waals surface area contributed by atoms with Gasteiger partial charge in [-0.3, -0.25) is 4.79 Å². The van der Waals surface area contributed by atoms with Gasteiger partial charge in [-0.05, 0) is 56.9 Å². The summed E-state index contributed by atoms with van der Waals surface area (Å²) in [5.41, 5.74) is 0.713. The molecule has 1 fully saturated rings. The minimum absolute atomic E-state index is 0.102. The van der Waals surface area contributed by atoms with E-state index in [0.717, 1.165) is 23.6 Å². The molecular weight excluding hydrogens is 286 g/mol. The van der Waals surface area contributed by atoms with Crippen LogP contribution in [0.2, 0.25) is 0 Å². The number of carbonyl (C=O) groups is 1. The first-order valence-electron chi connectivity index (χ1n) is 8.60. The molecule has 0 aliphatic carbocycles. The van der Waals surface area contributed by atoms with Crippen LogP contribution < -0.4 is 4.74 Å². The highest BCUT2D eigenvalue weighted by molar-refractivity contribution is 6.09. The summed E-state index contributed by atoms with van der Waals surface area (Å²) in [6, 6.07) is 12.6. The van der Waals surface area contributed by atoms with Gasteiger partial charge >= 0.3 is 0 Å². The van der Waals surface area contributed by atoms with Gasteiger partial charge in [-0.25, -0.2) is 0 Å². The molecule has 1 aliphatic rings. The predicted molar refractivity (Wildman–Crippen MR) is 94.1 cm³/mol. The number of ether oxygens (including phenoxy) is 1. The number of piperidine rings is 1. The van der Waals surface area contributed by atoms with Crippen molar-refractivity contribution in [3.8, 4) is 5.75 Å². The Morgan fingerprint density at radius 2 is 1.83 bits per heavy atom. The van der Waals surface area contributed by atoms with E-state index in [1.165, 1.54) is 6.42 Å². The van der Waals surface area contributed by atoms with Crippen LogP contribution in [0.15, 0.2) is 36.4 Å². The van der Waals surface area contributed by atoms with Crippen molar-refractivity contribution in [3.05, 3.63) is 42.0 Å².